The molecule has 2 aromatic carbocycles. The average Bonchev–Trinajstić information content (AvgIpc) is 3.05. The van der Waals surface area contributed by atoms with Crippen molar-refractivity contribution in [3.8, 4) is 23.0 Å². The van der Waals surface area contributed by atoms with Crippen LogP contribution < -0.4 is 15.2 Å². The summed E-state index contributed by atoms with van der Waals surface area (Å²) in [7, 11) is -4.11. The Hall–Kier alpha value is -4.16. The van der Waals surface area contributed by atoms with E-state index in [0.717, 1.165) is 24.3 Å². The number of carbonyl (C=O) groups is 3. The number of ether oxygens (including phenoxy) is 1. The molecule has 6 N–H and O–H groups in total. The number of anilines is 1. The third-order valence-corrected chi connectivity index (χ3v) is 7.29. The number of aromatic hydroxyl groups is 3. The van der Waals surface area contributed by atoms with Crippen LogP contribution in [-0.4, -0.2) is 41.1 Å². The minimum Gasteiger partial charge on any atom is -0.507 e. The van der Waals surface area contributed by atoms with E-state index in [2.05, 4.69) is 5.32 Å². The summed E-state index contributed by atoms with van der Waals surface area (Å²) in [5.41, 5.74) is -2.58. The maximum atomic E-state index is 13.8. The quantitative estimate of drug-likeness (QED) is 0.174. The van der Waals surface area contributed by atoms with E-state index in [0.29, 0.717) is 0 Å². The highest BCUT2D eigenvalue weighted by atomic mass is 32.2. The molecule has 0 saturated heterocycles. The second kappa shape index (κ2) is 7.93. The highest BCUT2D eigenvalue weighted by Crippen LogP contribution is 2.57. The number of primary sulfonamides is 1. The van der Waals surface area contributed by atoms with Gasteiger partial charge in [-0.05, 0) is 45.9 Å². The largest absolute Gasteiger partial charge is 0.507 e. The zero-order valence-electron chi connectivity index (χ0n) is 19.6. The van der Waals surface area contributed by atoms with Gasteiger partial charge in [0.1, 0.15) is 39.7 Å². The molecule has 1 atom stereocenters. The van der Waals surface area contributed by atoms with Crippen LogP contribution in [0.2, 0.25) is 0 Å². The number of benzene rings is 2. The van der Waals surface area contributed by atoms with E-state index in [4.69, 9.17) is 9.88 Å². The van der Waals surface area contributed by atoms with Crippen LogP contribution in [0.25, 0.3) is 0 Å². The fraction of sp³-hybridized carbons (Fsp3) is 0.208. The second-order valence-corrected chi connectivity index (χ2v) is 10.3. The maximum absolute atomic E-state index is 13.8. The summed E-state index contributed by atoms with van der Waals surface area (Å²) in [5, 5.41) is 39.3. The van der Waals surface area contributed by atoms with Crippen LogP contribution in [0.5, 0.6) is 23.0 Å². The van der Waals surface area contributed by atoms with E-state index in [1.807, 2.05) is 0 Å². The number of phenols is 3. The predicted octanol–water partition coefficient (Wildman–Crippen LogP) is 2.03. The van der Waals surface area contributed by atoms with Gasteiger partial charge in [-0.1, -0.05) is 0 Å². The first-order valence-electron chi connectivity index (χ1n) is 10.5. The number of fused-ring (bicyclic) bond motifs is 3. The number of rotatable bonds is 4. The molecule has 0 bridgehead atoms. The molecule has 0 radical (unpaired) electrons. The number of phenolic OH excluding ortho intramolecular Hbond substituents is 3. The van der Waals surface area contributed by atoms with Crippen molar-refractivity contribution in [2.24, 2.45) is 5.14 Å². The summed E-state index contributed by atoms with van der Waals surface area (Å²) >= 11 is 0. The van der Waals surface area contributed by atoms with Crippen molar-refractivity contribution >= 4 is 33.1 Å². The van der Waals surface area contributed by atoms with E-state index in [9.17, 15) is 38.1 Å². The zero-order chi connectivity index (χ0) is 26.9. The lowest BCUT2D eigenvalue weighted by Gasteiger charge is -2.29. The van der Waals surface area contributed by atoms with E-state index in [1.165, 1.54) is 27.7 Å². The van der Waals surface area contributed by atoms with Crippen LogP contribution in [0.1, 0.15) is 42.3 Å². The predicted molar refractivity (Wildman–Crippen MR) is 126 cm³/mol. The summed E-state index contributed by atoms with van der Waals surface area (Å²) in [6.07, 6.45) is 1.04. The number of ketones is 3. The van der Waals surface area contributed by atoms with Gasteiger partial charge in [0.2, 0.25) is 10.0 Å². The van der Waals surface area contributed by atoms with Crippen LogP contribution >= 0.6 is 0 Å². The molecule has 4 rings (SSSR count). The molecule has 2 aromatic rings. The fourth-order valence-corrected chi connectivity index (χ4v) is 4.96. The van der Waals surface area contributed by atoms with Gasteiger partial charge in [-0.2, -0.15) is 0 Å². The van der Waals surface area contributed by atoms with Gasteiger partial charge >= 0.3 is 0 Å². The molecule has 12 heteroatoms. The van der Waals surface area contributed by atoms with Crippen LogP contribution in [0.4, 0.5) is 5.69 Å². The van der Waals surface area contributed by atoms with Crippen LogP contribution in [0, 0.1) is 6.92 Å². The molecule has 0 amide bonds. The molecule has 0 fully saturated rings. The first-order chi connectivity index (χ1) is 16.6. The number of allylic oxidation sites excluding steroid dienone is 4. The number of hydrogen-bond acceptors (Lipinski definition) is 10. The second-order valence-electron chi connectivity index (χ2n) is 8.74. The van der Waals surface area contributed by atoms with Crippen molar-refractivity contribution < 1.29 is 42.9 Å². The van der Waals surface area contributed by atoms with E-state index < -0.39 is 44.3 Å². The van der Waals surface area contributed by atoms with Crippen LogP contribution in [0.15, 0.2) is 46.2 Å². The molecule has 11 nitrogen and oxygen atoms in total. The molecule has 0 aromatic heterocycles. The Morgan fingerprint density at radius 1 is 1.11 bits per heavy atom. The third-order valence-electron chi connectivity index (χ3n) is 6.38. The summed E-state index contributed by atoms with van der Waals surface area (Å²) in [6.45, 7) is 5.33. The normalized spacial score (nSPS) is 20.3. The van der Waals surface area contributed by atoms with Crippen molar-refractivity contribution in [2.75, 3.05) is 5.32 Å². The van der Waals surface area contributed by atoms with E-state index in [-0.39, 0.29) is 55.8 Å². The number of sulfonamides is 1. The Morgan fingerprint density at radius 3 is 2.33 bits per heavy atom. The van der Waals surface area contributed by atoms with Crippen LogP contribution in [-0.2, 0) is 25.0 Å². The van der Waals surface area contributed by atoms with Crippen molar-refractivity contribution in [3.05, 3.63) is 58.0 Å². The molecule has 0 unspecified atom stereocenters. The summed E-state index contributed by atoms with van der Waals surface area (Å²) in [4.78, 5) is 38.7. The zero-order valence-corrected chi connectivity index (χ0v) is 20.4. The lowest BCUT2D eigenvalue weighted by molar-refractivity contribution is -0.123. The summed E-state index contributed by atoms with van der Waals surface area (Å²) < 4.78 is 29.1. The fourth-order valence-electron chi connectivity index (χ4n) is 4.42. The average molecular weight is 515 g/mol. The minimum absolute atomic E-state index is 0.0291. The SMILES string of the molecule is CC(=O)c1c(O)c(C)c(O)c2c1OC1=CC(=O)/C(=C(/C)Nc3cc(S(N)(=O)=O)ccc3O)C(=O)[C@@]12C. The number of nitrogens with one attached hydrogen (secondary N) is 1. The van der Waals surface area contributed by atoms with Crippen molar-refractivity contribution in [3.63, 3.8) is 0 Å². The molecular formula is C24H22N2O9S. The third kappa shape index (κ3) is 3.45. The number of carbonyl (C=O) groups excluding carboxylic acids is 3. The molecule has 36 heavy (non-hydrogen) atoms. The van der Waals surface area contributed by atoms with Gasteiger partial charge in [-0.25, -0.2) is 13.6 Å². The Labute approximate surface area is 205 Å². The Balaban J connectivity index is 1.90. The van der Waals surface area contributed by atoms with Crippen molar-refractivity contribution in [2.45, 2.75) is 38.0 Å². The lowest BCUT2D eigenvalue weighted by atomic mass is 9.70. The molecule has 1 aliphatic heterocycles. The Morgan fingerprint density at radius 2 is 1.75 bits per heavy atom. The summed E-state index contributed by atoms with van der Waals surface area (Å²) in [6, 6.07) is 3.22. The van der Waals surface area contributed by atoms with Crippen molar-refractivity contribution in [1.29, 1.82) is 0 Å². The highest BCUT2D eigenvalue weighted by Gasteiger charge is 2.56. The Bertz CT molecular complexity index is 1590. The van der Waals surface area contributed by atoms with Gasteiger partial charge in [0, 0.05) is 17.3 Å². The topological polar surface area (TPSA) is 193 Å². The molecular weight excluding hydrogens is 492 g/mol. The van der Waals surface area contributed by atoms with E-state index >= 15 is 0 Å². The number of nitrogens with two attached hydrogens (primary N) is 1. The van der Waals surface area contributed by atoms with Gasteiger partial charge in [0.05, 0.1) is 21.7 Å². The standard InChI is InChI=1S/C24H22N2O9S/c1-9-20(30)18(11(3)27)22-19(21(9)31)24(4)16(35-22)8-15(29)17(23(24)32)10(2)26-13-7-12(36(25,33)34)5-6-14(13)28/h5-8,26,28,30-31H,1-4H3,(H2,25,33,34)/b17-10+/t24-/m0/s1. The molecule has 1 heterocycles. The van der Waals surface area contributed by atoms with Gasteiger partial charge in [-0.15, -0.1) is 0 Å². The monoisotopic (exact) mass is 514 g/mol. The highest BCUT2D eigenvalue weighted by molar-refractivity contribution is 7.89. The van der Waals surface area contributed by atoms with Crippen molar-refractivity contribution in [1.82, 2.24) is 0 Å². The smallest absolute Gasteiger partial charge is 0.238 e. The Kier molecular flexibility index (Phi) is 5.50. The molecule has 0 spiro atoms. The molecule has 188 valence electrons. The first-order valence-corrected chi connectivity index (χ1v) is 12.1. The number of hydrogen-bond donors (Lipinski definition) is 5. The first kappa shape index (κ1) is 24.9. The van der Waals surface area contributed by atoms with E-state index in [1.54, 1.807) is 0 Å². The maximum Gasteiger partial charge on any atom is 0.238 e. The van der Waals surface area contributed by atoms with Gasteiger partial charge in [0.15, 0.2) is 17.3 Å². The lowest BCUT2D eigenvalue weighted by Crippen LogP contribution is -2.40. The molecule has 2 aliphatic rings. The van der Waals surface area contributed by atoms with Crippen LogP contribution in [0.3, 0.4) is 0 Å². The minimum atomic E-state index is -4.11. The summed E-state index contributed by atoms with van der Waals surface area (Å²) in [5.74, 6) is -3.82. The molecule has 0 saturated carbocycles. The molecule has 1 aliphatic carbocycles. The number of Topliss-reactive ketones (excluding diaryl/α,β-unsaturated/α-hetero) is 2. The van der Waals surface area contributed by atoms with Gasteiger partial charge in [-0.3, -0.25) is 14.4 Å². The van der Waals surface area contributed by atoms with Gasteiger partial charge in [0.25, 0.3) is 0 Å². The van der Waals surface area contributed by atoms with Gasteiger partial charge < -0.3 is 25.4 Å².